The summed E-state index contributed by atoms with van der Waals surface area (Å²) < 4.78 is 0. The largest absolute Gasteiger partial charge is 0.403 e. The first-order valence-corrected chi connectivity index (χ1v) is 7.52. The molecule has 2 heteroatoms. The molecule has 3 N–H and O–H groups in total. The molecule has 0 aromatic rings. The fourth-order valence-corrected chi connectivity index (χ4v) is 2.04. The molecule has 0 rings (SSSR count). The van der Waals surface area contributed by atoms with E-state index in [0.29, 0.717) is 0 Å². The summed E-state index contributed by atoms with van der Waals surface area (Å²) in [6.45, 7) is 3.34. The zero-order valence-electron chi connectivity index (χ0n) is 11.7. The Bertz CT molecular complexity index is 155. The first-order chi connectivity index (χ1) is 8.41. The van der Waals surface area contributed by atoms with E-state index in [1.165, 1.54) is 70.6 Å². The van der Waals surface area contributed by atoms with E-state index in [1.807, 2.05) is 6.20 Å². The third kappa shape index (κ3) is 15.3. The van der Waals surface area contributed by atoms with E-state index in [2.05, 4.69) is 12.2 Å². The second-order valence-electron chi connectivity index (χ2n) is 4.85. The van der Waals surface area contributed by atoms with Crippen molar-refractivity contribution in [3.05, 3.63) is 12.4 Å². The van der Waals surface area contributed by atoms with Crippen LogP contribution in [-0.4, -0.2) is 6.54 Å². The number of hydrogen-bond donors (Lipinski definition) is 2. The highest BCUT2D eigenvalue weighted by atomic mass is 14.8. The van der Waals surface area contributed by atoms with Crippen LogP contribution in [0.2, 0.25) is 0 Å². The molecule has 0 aromatic carbocycles. The molecule has 0 radical (unpaired) electrons. The normalized spacial score (nSPS) is 11.1. The van der Waals surface area contributed by atoms with Gasteiger partial charge in [-0.15, -0.1) is 0 Å². The van der Waals surface area contributed by atoms with Crippen molar-refractivity contribution in [2.24, 2.45) is 5.73 Å². The summed E-state index contributed by atoms with van der Waals surface area (Å²) in [4.78, 5) is 0. The molecule has 0 aliphatic carbocycles. The minimum atomic E-state index is 1.06. The zero-order chi connectivity index (χ0) is 12.6. The zero-order valence-corrected chi connectivity index (χ0v) is 11.7. The average Bonchev–Trinajstić information content (AvgIpc) is 2.35. The molecular weight excluding hydrogens is 208 g/mol. The Morgan fingerprint density at radius 1 is 0.765 bits per heavy atom. The predicted octanol–water partition coefficient (Wildman–Crippen LogP) is 4.32. The average molecular weight is 240 g/mol. The van der Waals surface area contributed by atoms with Crippen molar-refractivity contribution in [1.82, 2.24) is 5.32 Å². The lowest BCUT2D eigenvalue weighted by atomic mass is 10.1. The molecule has 0 aromatic heterocycles. The monoisotopic (exact) mass is 240 g/mol. The van der Waals surface area contributed by atoms with Gasteiger partial charge in [-0.05, 0) is 6.42 Å². The number of nitrogens with one attached hydrogen (secondary N) is 1. The van der Waals surface area contributed by atoms with E-state index in [1.54, 1.807) is 6.20 Å². The lowest BCUT2D eigenvalue weighted by Crippen LogP contribution is -2.07. The summed E-state index contributed by atoms with van der Waals surface area (Å²) in [5, 5.41) is 3.16. The summed E-state index contributed by atoms with van der Waals surface area (Å²) in [7, 11) is 0. The van der Waals surface area contributed by atoms with E-state index in [-0.39, 0.29) is 0 Å². The van der Waals surface area contributed by atoms with Crippen LogP contribution in [0.1, 0.15) is 77.6 Å². The van der Waals surface area contributed by atoms with Crippen molar-refractivity contribution in [1.29, 1.82) is 0 Å². The van der Waals surface area contributed by atoms with Gasteiger partial charge in [0.05, 0.1) is 0 Å². The topological polar surface area (TPSA) is 38.0 Å². The van der Waals surface area contributed by atoms with Gasteiger partial charge in [-0.1, -0.05) is 71.1 Å². The molecule has 0 aliphatic rings. The molecule has 17 heavy (non-hydrogen) atoms. The minimum absolute atomic E-state index is 1.06. The molecule has 0 bridgehead atoms. The van der Waals surface area contributed by atoms with E-state index >= 15 is 0 Å². The van der Waals surface area contributed by atoms with Crippen LogP contribution >= 0.6 is 0 Å². The van der Waals surface area contributed by atoms with Gasteiger partial charge in [0.15, 0.2) is 0 Å². The van der Waals surface area contributed by atoms with E-state index in [0.717, 1.165) is 6.54 Å². The predicted molar refractivity (Wildman–Crippen MR) is 77.8 cm³/mol. The highest BCUT2D eigenvalue weighted by molar-refractivity contribution is 4.71. The minimum Gasteiger partial charge on any atom is -0.403 e. The van der Waals surface area contributed by atoms with Gasteiger partial charge in [-0.2, -0.15) is 0 Å². The molecule has 0 heterocycles. The van der Waals surface area contributed by atoms with Gasteiger partial charge in [0.25, 0.3) is 0 Å². The van der Waals surface area contributed by atoms with Gasteiger partial charge in [0, 0.05) is 18.9 Å². The van der Waals surface area contributed by atoms with Gasteiger partial charge in [-0.3, -0.25) is 0 Å². The first kappa shape index (κ1) is 16.3. The highest BCUT2D eigenvalue weighted by Gasteiger charge is 1.92. The summed E-state index contributed by atoms with van der Waals surface area (Å²) >= 11 is 0. The maximum absolute atomic E-state index is 5.22. The number of hydrogen-bond acceptors (Lipinski definition) is 2. The quantitative estimate of drug-likeness (QED) is 0.471. The maximum Gasteiger partial charge on any atom is 0.0141 e. The fourth-order valence-electron chi connectivity index (χ4n) is 2.04. The number of unbranched alkanes of at least 4 members (excludes halogenated alkanes) is 10. The van der Waals surface area contributed by atoms with Gasteiger partial charge in [-0.25, -0.2) is 0 Å². The Kier molecular flexibility index (Phi) is 14.7. The van der Waals surface area contributed by atoms with Gasteiger partial charge < -0.3 is 11.1 Å². The highest BCUT2D eigenvalue weighted by Crippen LogP contribution is 2.10. The fraction of sp³-hybridized carbons (Fsp3) is 0.867. The molecule has 0 spiro atoms. The van der Waals surface area contributed by atoms with E-state index in [4.69, 9.17) is 5.73 Å². The van der Waals surface area contributed by atoms with Crippen molar-refractivity contribution in [3.8, 4) is 0 Å². The Hall–Kier alpha value is -0.660. The van der Waals surface area contributed by atoms with Crippen molar-refractivity contribution in [2.75, 3.05) is 6.54 Å². The van der Waals surface area contributed by atoms with Crippen molar-refractivity contribution in [2.45, 2.75) is 77.6 Å². The van der Waals surface area contributed by atoms with Crippen LogP contribution in [0.25, 0.3) is 0 Å². The van der Waals surface area contributed by atoms with Gasteiger partial charge in [0.1, 0.15) is 0 Å². The van der Waals surface area contributed by atoms with Crippen LogP contribution in [0, 0.1) is 0 Å². The molecule has 0 unspecified atom stereocenters. The molecule has 0 saturated heterocycles. The smallest absolute Gasteiger partial charge is 0.0141 e. The van der Waals surface area contributed by atoms with Crippen LogP contribution in [0.15, 0.2) is 12.4 Å². The van der Waals surface area contributed by atoms with Crippen LogP contribution in [0.4, 0.5) is 0 Å². The third-order valence-corrected chi connectivity index (χ3v) is 3.14. The third-order valence-electron chi connectivity index (χ3n) is 3.14. The maximum atomic E-state index is 5.22. The van der Waals surface area contributed by atoms with Crippen LogP contribution in [0.3, 0.4) is 0 Å². The van der Waals surface area contributed by atoms with Crippen LogP contribution in [0.5, 0.6) is 0 Å². The van der Waals surface area contributed by atoms with Gasteiger partial charge >= 0.3 is 0 Å². The summed E-state index contributed by atoms with van der Waals surface area (Å²) in [6, 6.07) is 0. The molecule has 0 atom stereocenters. The van der Waals surface area contributed by atoms with Crippen LogP contribution < -0.4 is 11.1 Å². The Balaban J connectivity index is 2.89. The lowest BCUT2D eigenvalue weighted by Gasteiger charge is -2.02. The second-order valence-corrected chi connectivity index (χ2v) is 4.85. The summed E-state index contributed by atoms with van der Waals surface area (Å²) in [5.41, 5.74) is 5.22. The Morgan fingerprint density at radius 2 is 1.24 bits per heavy atom. The van der Waals surface area contributed by atoms with Crippen molar-refractivity contribution >= 4 is 0 Å². The molecule has 0 aliphatic heterocycles. The first-order valence-electron chi connectivity index (χ1n) is 7.52. The van der Waals surface area contributed by atoms with Crippen molar-refractivity contribution in [3.63, 3.8) is 0 Å². The summed E-state index contributed by atoms with van der Waals surface area (Å²) in [5.74, 6) is 0. The molecule has 0 saturated carbocycles. The molecule has 0 fully saturated rings. The SMILES string of the molecule is CCCCCCCCCCCCCN/C=C/N. The molecule has 0 amide bonds. The second kappa shape index (κ2) is 15.3. The Labute approximate surface area is 108 Å². The van der Waals surface area contributed by atoms with Crippen LogP contribution in [-0.2, 0) is 0 Å². The molecule has 2 nitrogen and oxygen atoms in total. The van der Waals surface area contributed by atoms with E-state index in [9.17, 15) is 0 Å². The van der Waals surface area contributed by atoms with Crippen molar-refractivity contribution < 1.29 is 0 Å². The standard InChI is InChI=1S/C15H32N2/c1-2-3-4-5-6-7-8-9-10-11-12-14-17-15-13-16/h13,15,17H,2-12,14,16H2,1H3/b15-13+. The lowest BCUT2D eigenvalue weighted by molar-refractivity contribution is 0.547. The number of nitrogens with two attached hydrogens (primary N) is 1. The number of rotatable bonds is 13. The summed E-state index contributed by atoms with van der Waals surface area (Å²) in [6.07, 6.45) is 18.8. The van der Waals surface area contributed by atoms with E-state index < -0.39 is 0 Å². The Morgan fingerprint density at radius 3 is 1.71 bits per heavy atom. The van der Waals surface area contributed by atoms with Gasteiger partial charge in [0.2, 0.25) is 0 Å². The molecular formula is C15H32N2. The molecule has 102 valence electrons.